The fourth-order valence-electron chi connectivity index (χ4n) is 5.43. The van der Waals surface area contributed by atoms with Crippen LogP contribution in [0.25, 0.3) is 5.69 Å². The zero-order chi connectivity index (χ0) is 28.6. The van der Waals surface area contributed by atoms with Gasteiger partial charge in [0.1, 0.15) is 5.75 Å². The highest BCUT2D eigenvalue weighted by atomic mass is 32.2. The van der Waals surface area contributed by atoms with Crippen LogP contribution >= 0.6 is 12.2 Å². The third-order valence-corrected chi connectivity index (χ3v) is 8.15. The Balaban J connectivity index is 1.65. The largest absolute Gasteiger partial charge is 0.494 e. The van der Waals surface area contributed by atoms with Crippen molar-refractivity contribution in [2.75, 3.05) is 23.0 Å². The molecule has 208 valence electrons. The van der Waals surface area contributed by atoms with Gasteiger partial charge in [0.15, 0.2) is 5.11 Å². The number of sulfonamides is 1. The Labute approximate surface area is 241 Å². The zero-order valence-electron chi connectivity index (χ0n) is 23.2. The molecule has 2 N–H and O–H groups in total. The fourth-order valence-corrected chi connectivity index (χ4v) is 6.34. The van der Waals surface area contributed by atoms with Gasteiger partial charge in [-0.05, 0) is 86.1 Å². The van der Waals surface area contributed by atoms with Gasteiger partial charge in [-0.1, -0.05) is 25.1 Å². The van der Waals surface area contributed by atoms with E-state index in [1.54, 1.807) is 18.3 Å². The van der Waals surface area contributed by atoms with Gasteiger partial charge >= 0.3 is 0 Å². The molecule has 1 aliphatic rings. The van der Waals surface area contributed by atoms with Crippen LogP contribution in [0.5, 0.6) is 5.75 Å². The number of nitrogens with zero attached hydrogens (tertiary/aromatic N) is 3. The summed E-state index contributed by atoms with van der Waals surface area (Å²) in [7, 11) is -1.97. The van der Waals surface area contributed by atoms with Gasteiger partial charge in [0.05, 0.1) is 36.8 Å². The Kier molecular flexibility index (Phi) is 7.57. The molecule has 5 rings (SSSR count). The van der Waals surface area contributed by atoms with E-state index < -0.39 is 10.0 Å². The summed E-state index contributed by atoms with van der Waals surface area (Å²) >= 11 is 5.91. The summed E-state index contributed by atoms with van der Waals surface area (Å²) in [5, 5.41) is 4.05. The second kappa shape index (κ2) is 10.9. The minimum atomic E-state index is -3.48. The lowest BCUT2D eigenvalue weighted by Crippen LogP contribution is -2.29. The van der Waals surface area contributed by atoms with Gasteiger partial charge in [0, 0.05) is 35.0 Å². The number of benzene rings is 2. The van der Waals surface area contributed by atoms with Crippen LogP contribution in [-0.2, 0) is 16.4 Å². The Morgan fingerprint density at radius 1 is 1.05 bits per heavy atom. The Morgan fingerprint density at radius 3 is 2.40 bits per heavy atom. The van der Waals surface area contributed by atoms with Gasteiger partial charge < -0.3 is 19.5 Å². The van der Waals surface area contributed by atoms with E-state index in [0.29, 0.717) is 16.5 Å². The summed E-state index contributed by atoms with van der Waals surface area (Å²) in [5.41, 5.74) is 7.72. The molecular formula is C30H33N5O3S2. The van der Waals surface area contributed by atoms with Crippen molar-refractivity contribution in [3.63, 3.8) is 0 Å². The summed E-state index contributed by atoms with van der Waals surface area (Å²) in [6.07, 6.45) is 3.88. The van der Waals surface area contributed by atoms with Crippen LogP contribution < -0.4 is 19.7 Å². The van der Waals surface area contributed by atoms with Crippen molar-refractivity contribution in [1.82, 2.24) is 14.9 Å². The molecule has 0 bridgehead atoms. The molecule has 8 nitrogen and oxygen atoms in total. The van der Waals surface area contributed by atoms with Crippen molar-refractivity contribution in [2.24, 2.45) is 0 Å². The van der Waals surface area contributed by atoms with E-state index in [0.717, 1.165) is 46.7 Å². The Hall–Kier alpha value is -3.89. The molecule has 1 aliphatic heterocycles. The quantitative estimate of drug-likeness (QED) is 0.264. The second-order valence-electron chi connectivity index (χ2n) is 9.94. The molecule has 0 unspecified atom stereocenters. The van der Waals surface area contributed by atoms with Crippen molar-refractivity contribution >= 4 is 38.7 Å². The number of ether oxygens (including phenoxy) is 1. The maximum Gasteiger partial charge on any atom is 0.229 e. The van der Waals surface area contributed by atoms with Crippen LogP contribution in [0, 0.1) is 13.8 Å². The Morgan fingerprint density at radius 2 is 1.77 bits per heavy atom. The van der Waals surface area contributed by atoms with Crippen molar-refractivity contribution in [1.29, 1.82) is 0 Å². The number of rotatable bonds is 8. The molecule has 2 atom stereocenters. The molecule has 0 spiro atoms. The van der Waals surface area contributed by atoms with Crippen molar-refractivity contribution in [3.05, 3.63) is 101 Å². The van der Waals surface area contributed by atoms with Gasteiger partial charge in [0.25, 0.3) is 0 Å². The average molecular weight is 576 g/mol. The van der Waals surface area contributed by atoms with E-state index in [-0.39, 0.29) is 12.1 Å². The van der Waals surface area contributed by atoms with E-state index in [1.807, 2.05) is 24.3 Å². The number of thiocarbonyl (C=S) groups is 1. The fraction of sp³-hybridized carbons (Fsp3) is 0.267. The van der Waals surface area contributed by atoms with Gasteiger partial charge in [-0.2, -0.15) is 0 Å². The normalized spacial score (nSPS) is 17.1. The lowest BCUT2D eigenvalue weighted by Gasteiger charge is -2.29. The molecule has 0 saturated carbocycles. The highest BCUT2D eigenvalue weighted by Gasteiger charge is 2.42. The third-order valence-electron chi connectivity index (χ3n) is 7.25. The van der Waals surface area contributed by atoms with Crippen LogP contribution in [0.1, 0.15) is 47.2 Å². The number of hydrogen-bond donors (Lipinski definition) is 2. The minimum Gasteiger partial charge on any atom is -0.494 e. The Bertz CT molecular complexity index is 1650. The van der Waals surface area contributed by atoms with Crippen LogP contribution in [0.2, 0.25) is 0 Å². The monoisotopic (exact) mass is 575 g/mol. The minimum absolute atomic E-state index is 0.218. The van der Waals surface area contributed by atoms with Crippen LogP contribution in [0.15, 0.2) is 72.9 Å². The summed E-state index contributed by atoms with van der Waals surface area (Å²) in [4.78, 5) is 6.73. The number of aromatic nitrogens is 2. The summed E-state index contributed by atoms with van der Waals surface area (Å²) in [5.74, 6) is 0.396. The van der Waals surface area contributed by atoms with E-state index in [4.69, 9.17) is 17.0 Å². The molecule has 2 aromatic carbocycles. The predicted octanol–water partition coefficient (Wildman–Crippen LogP) is 5.61. The maximum absolute atomic E-state index is 11.9. The highest BCUT2D eigenvalue weighted by Crippen LogP contribution is 2.45. The summed E-state index contributed by atoms with van der Waals surface area (Å²) < 4.78 is 34.2. The summed E-state index contributed by atoms with van der Waals surface area (Å²) in [6, 6.07) is 21.6. The topological polar surface area (TPSA) is 88.5 Å². The standard InChI is InChI=1S/C30H33N5O3S2/c1-6-21-10-12-22(13-11-21)34-19(2)17-24(20(34)3)29-28(26-9-7-8-16-31-26)32-30(39)35(29)23-14-15-25(27(18-23)38-4)33-40(5,36)37/h7-18,28-29,33H,6H2,1-5H3,(H,32,39)/t28-,29-/m1/s1. The summed E-state index contributed by atoms with van der Waals surface area (Å²) in [6.45, 7) is 6.39. The first kappa shape index (κ1) is 27.7. The molecule has 40 heavy (non-hydrogen) atoms. The molecule has 4 aromatic rings. The molecule has 0 amide bonds. The average Bonchev–Trinajstić information content (AvgIpc) is 3.43. The van der Waals surface area contributed by atoms with Gasteiger partial charge in [0.2, 0.25) is 10.0 Å². The van der Waals surface area contributed by atoms with E-state index in [1.165, 1.54) is 12.7 Å². The first-order valence-corrected chi connectivity index (χ1v) is 15.4. The molecule has 10 heteroatoms. The van der Waals surface area contributed by atoms with Crippen LogP contribution in [0.4, 0.5) is 11.4 Å². The van der Waals surface area contributed by atoms with E-state index >= 15 is 0 Å². The third kappa shape index (κ3) is 5.29. The molecular weight excluding hydrogens is 542 g/mol. The first-order valence-electron chi connectivity index (χ1n) is 13.1. The molecule has 3 heterocycles. The van der Waals surface area contributed by atoms with Gasteiger partial charge in [-0.15, -0.1) is 0 Å². The lowest BCUT2D eigenvalue weighted by molar-refractivity contribution is 0.417. The second-order valence-corrected chi connectivity index (χ2v) is 12.1. The van der Waals surface area contributed by atoms with Crippen LogP contribution in [0.3, 0.4) is 0 Å². The number of aryl methyl sites for hydroxylation is 2. The number of nitrogens with one attached hydrogen (secondary N) is 2. The number of anilines is 2. The lowest BCUT2D eigenvalue weighted by atomic mass is 9.96. The van der Waals surface area contributed by atoms with Crippen molar-refractivity contribution in [3.8, 4) is 11.4 Å². The van der Waals surface area contributed by atoms with Gasteiger partial charge in [-0.25, -0.2) is 8.42 Å². The zero-order valence-corrected chi connectivity index (χ0v) is 24.8. The van der Waals surface area contributed by atoms with E-state index in [2.05, 4.69) is 75.6 Å². The molecule has 0 aliphatic carbocycles. The maximum atomic E-state index is 11.9. The molecule has 1 saturated heterocycles. The molecule has 2 aromatic heterocycles. The highest BCUT2D eigenvalue weighted by molar-refractivity contribution is 7.92. The number of methoxy groups -OCH3 is 1. The van der Waals surface area contributed by atoms with Crippen molar-refractivity contribution in [2.45, 2.75) is 39.3 Å². The molecule has 1 fully saturated rings. The predicted molar refractivity (Wildman–Crippen MR) is 164 cm³/mol. The smallest absolute Gasteiger partial charge is 0.229 e. The number of hydrogen-bond acceptors (Lipinski definition) is 5. The number of pyridine rings is 1. The van der Waals surface area contributed by atoms with Crippen molar-refractivity contribution < 1.29 is 13.2 Å². The molecule has 0 radical (unpaired) electrons. The van der Waals surface area contributed by atoms with E-state index in [9.17, 15) is 8.42 Å². The van der Waals surface area contributed by atoms with Gasteiger partial charge in [-0.3, -0.25) is 9.71 Å². The SMILES string of the molecule is CCc1ccc(-n2c(C)cc([C@@H]3[C@@H](c4ccccn4)NC(=S)N3c3ccc(NS(C)(=O)=O)c(OC)c3)c2C)cc1. The van der Waals surface area contributed by atoms with Crippen LogP contribution in [-0.4, -0.2) is 36.4 Å². The first-order chi connectivity index (χ1) is 19.1.